The first kappa shape index (κ1) is 13.2. The van der Waals surface area contributed by atoms with Crippen LogP contribution in [-0.4, -0.2) is 4.98 Å². The highest BCUT2D eigenvalue weighted by molar-refractivity contribution is 7.11. The second kappa shape index (κ2) is 5.61. The molecule has 1 unspecified atom stereocenters. The maximum atomic E-state index is 5.67. The van der Waals surface area contributed by atoms with Crippen molar-refractivity contribution in [3.63, 3.8) is 0 Å². The fourth-order valence-electron chi connectivity index (χ4n) is 2.20. The number of aromatic nitrogens is 1. The third-order valence-electron chi connectivity index (χ3n) is 2.91. The van der Waals surface area contributed by atoms with Crippen molar-refractivity contribution in [3.05, 3.63) is 51.0 Å². The zero-order chi connectivity index (χ0) is 13.1. The van der Waals surface area contributed by atoms with Crippen LogP contribution in [-0.2, 0) is 6.42 Å². The van der Waals surface area contributed by atoms with Crippen molar-refractivity contribution in [2.75, 3.05) is 0 Å². The summed E-state index contributed by atoms with van der Waals surface area (Å²) in [6, 6.07) is 6.75. The van der Waals surface area contributed by atoms with Crippen LogP contribution in [0.1, 0.15) is 32.6 Å². The quantitative estimate of drug-likeness (QED) is 0.657. The third kappa shape index (κ3) is 3.16. The Morgan fingerprint density at radius 3 is 2.39 bits per heavy atom. The second-order valence-electron chi connectivity index (χ2n) is 4.70. The Kier molecular flexibility index (Phi) is 4.11. The molecule has 18 heavy (non-hydrogen) atoms. The van der Waals surface area contributed by atoms with E-state index in [-0.39, 0.29) is 6.04 Å². The Balaban J connectivity index is 2.20. The third-order valence-corrected chi connectivity index (χ3v) is 3.93. The number of rotatable bonds is 4. The molecule has 0 saturated heterocycles. The lowest BCUT2D eigenvalue weighted by molar-refractivity contribution is 0.559. The molecule has 0 saturated carbocycles. The van der Waals surface area contributed by atoms with Crippen LogP contribution in [0.15, 0.2) is 24.4 Å². The molecular weight excluding hydrogens is 242 g/mol. The summed E-state index contributed by atoms with van der Waals surface area (Å²) in [5, 5.41) is 1.07. The van der Waals surface area contributed by atoms with E-state index in [1.165, 1.54) is 21.6 Å². The normalized spacial score (nSPS) is 12.7. The average Bonchev–Trinajstić information content (AvgIpc) is 2.71. The van der Waals surface area contributed by atoms with Gasteiger partial charge in [0.2, 0.25) is 0 Å². The van der Waals surface area contributed by atoms with Gasteiger partial charge in [0, 0.05) is 11.1 Å². The minimum atomic E-state index is 0.136. The topological polar surface area (TPSA) is 50.9 Å². The van der Waals surface area contributed by atoms with Crippen LogP contribution in [0.5, 0.6) is 0 Å². The van der Waals surface area contributed by atoms with Gasteiger partial charge in [0.25, 0.3) is 0 Å². The van der Waals surface area contributed by atoms with Crippen LogP contribution >= 0.6 is 11.3 Å². The van der Waals surface area contributed by atoms with Gasteiger partial charge in [-0.1, -0.05) is 29.3 Å². The van der Waals surface area contributed by atoms with Crippen LogP contribution in [0.25, 0.3) is 0 Å². The Bertz CT molecular complexity index is 513. The molecule has 96 valence electrons. The van der Waals surface area contributed by atoms with Crippen LogP contribution in [0.4, 0.5) is 0 Å². The standard InChI is InChI=1S/C14H19N3S/c1-9-4-10(2)6-12(5-9)7-13(17-15)14-8-16-11(3)18-14/h4-6,8,13,17H,7,15H2,1-3H3. The minimum absolute atomic E-state index is 0.136. The highest BCUT2D eigenvalue weighted by atomic mass is 32.1. The average molecular weight is 261 g/mol. The molecular formula is C14H19N3S. The molecule has 3 N–H and O–H groups in total. The van der Waals surface area contributed by atoms with Crippen molar-refractivity contribution in [1.82, 2.24) is 10.4 Å². The molecule has 0 aliphatic carbocycles. The van der Waals surface area contributed by atoms with Gasteiger partial charge < -0.3 is 0 Å². The Morgan fingerprint density at radius 1 is 1.22 bits per heavy atom. The molecule has 3 nitrogen and oxygen atoms in total. The van der Waals surface area contributed by atoms with Gasteiger partial charge in [-0.2, -0.15) is 0 Å². The predicted octanol–water partition coefficient (Wildman–Crippen LogP) is 2.82. The van der Waals surface area contributed by atoms with E-state index in [4.69, 9.17) is 5.84 Å². The number of nitrogens with zero attached hydrogens (tertiary/aromatic N) is 1. The number of nitrogens with two attached hydrogens (primary N) is 1. The number of thiazole rings is 1. The smallest absolute Gasteiger partial charge is 0.0897 e. The summed E-state index contributed by atoms with van der Waals surface area (Å²) < 4.78 is 0. The van der Waals surface area contributed by atoms with Gasteiger partial charge in [-0.15, -0.1) is 11.3 Å². The summed E-state index contributed by atoms with van der Waals surface area (Å²) in [4.78, 5) is 5.47. The summed E-state index contributed by atoms with van der Waals surface area (Å²) in [6.07, 6.45) is 2.80. The van der Waals surface area contributed by atoms with Crippen LogP contribution in [0, 0.1) is 20.8 Å². The highest BCUT2D eigenvalue weighted by Gasteiger charge is 2.13. The number of hydrazine groups is 1. The molecule has 1 aromatic heterocycles. The predicted molar refractivity (Wildman–Crippen MR) is 76.5 cm³/mol. The van der Waals surface area contributed by atoms with Crippen molar-refractivity contribution in [2.45, 2.75) is 33.2 Å². The van der Waals surface area contributed by atoms with Crippen molar-refractivity contribution in [3.8, 4) is 0 Å². The van der Waals surface area contributed by atoms with Crippen LogP contribution < -0.4 is 11.3 Å². The molecule has 1 heterocycles. The number of nitrogens with one attached hydrogen (secondary N) is 1. The van der Waals surface area contributed by atoms with E-state index in [0.29, 0.717) is 0 Å². The summed E-state index contributed by atoms with van der Waals surface area (Å²) in [5.41, 5.74) is 6.78. The number of hydrogen-bond acceptors (Lipinski definition) is 4. The van der Waals surface area contributed by atoms with Gasteiger partial charge >= 0.3 is 0 Å². The molecule has 0 bridgehead atoms. The molecule has 2 rings (SSSR count). The van der Waals surface area contributed by atoms with Crippen molar-refractivity contribution in [1.29, 1.82) is 0 Å². The molecule has 0 fully saturated rings. The Morgan fingerprint density at radius 2 is 1.89 bits per heavy atom. The van der Waals surface area contributed by atoms with E-state index in [1.54, 1.807) is 11.3 Å². The lowest BCUT2D eigenvalue weighted by Gasteiger charge is -2.14. The van der Waals surface area contributed by atoms with Gasteiger partial charge in [-0.05, 0) is 32.8 Å². The molecule has 0 aliphatic heterocycles. The van der Waals surface area contributed by atoms with Crippen molar-refractivity contribution in [2.24, 2.45) is 5.84 Å². The summed E-state index contributed by atoms with van der Waals surface area (Å²) in [5.74, 6) is 5.67. The zero-order valence-corrected chi connectivity index (χ0v) is 11.8. The number of aryl methyl sites for hydroxylation is 3. The van der Waals surface area contributed by atoms with Gasteiger partial charge in [0.15, 0.2) is 0 Å². The first-order valence-corrected chi connectivity index (χ1v) is 6.86. The fourth-order valence-corrected chi connectivity index (χ4v) is 3.05. The Hall–Kier alpha value is -1.23. The van der Waals surface area contributed by atoms with Crippen LogP contribution in [0.2, 0.25) is 0 Å². The molecule has 0 spiro atoms. The lowest BCUT2D eigenvalue weighted by Crippen LogP contribution is -2.29. The van der Waals surface area contributed by atoms with Gasteiger partial charge in [-0.25, -0.2) is 4.98 Å². The number of hydrogen-bond donors (Lipinski definition) is 2. The molecule has 4 heteroatoms. The Labute approximate surface area is 112 Å². The molecule has 0 amide bonds. The lowest BCUT2D eigenvalue weighted by atomic mass is 10.0. The maximum Gasteiger partial charge on any atom is 0.0897 e. The molecule has 1 atom stereocenters. The second-order valence-corrected chi connectivity index (χ2v) is 5.97. The van der Waals surface area contributed by atoms with E-state index < -0.39 is 0 Å². The monoisotopic (exact) mass is 261 g/mol. The van der Waals surface area contributed by atoms with Crippen molar-refractivity contribution >= 4 is 11.3 Å². The number of benzene rings is 1. The van der Waals surface area contributed by atoms with E-state index in [0.717, 1.165) is 11.4 Å². The molecule has 1 aromatic carbocycles. The highest BCUT2D eigenvalue weighted by Crippen LogP contribution is 2.24. The first-order chi connectivity index (χ1) is 8.58. The maximum absolute atomic E-state index is 5.67. The summed E-state index contributed by atoms with van der Waals surface area (Å²) >= 11 is 1.69. The summed E-state index contributed by atoms with van der Waals surface area (Å²) in [6.45, 7) is 6.26. The van der Waals surface area contributed by atoms with E-state index in [1.807, 2.05) is 13.1 Å². The molecule has 0 aliphatic rings. The molecule has 2 aromatic rings. The van der Waals surface area contributed by atoms with Gasteiger partial charge in [0.05, 0.1) is 11.0 Å². The minimum Gasteiger partial charge on any atom is -0.271 e. The van der Waals surface area contributed by atoms with E-state index in [2.05, 4.69) is 42.5 Å². The van der Waals surface area contributed by atoms with Gasteiger partial charge in [0.1, 0.15) is 0 Å². The summed E-state index contributed by atoms with van der Waals surface area (Å²) in [7, 11) is 0. The van der Waals surface area contributed by atoms with Gasteiger partial charge in [-0.3, -0.25) is 11.3 Å². The fraction of sp³-hybridized carbons (Fsp3) is 0.357. The van der Waals surface area contributed by atoms with Crippen molar-refractivity contribution < 1.29 is 0 Å². The van der Waals surface area contributed by atoms with Crippen LogP contribution in [0.3, 0.4) is 0 Å². The van der Waals surface area contributed by atoms with E-state index in [9.17, 15) is 0 Å². The SMILES string of the molecule is Cc1cc(C)cc(CC(NN)c2cnc(C)s2)c1. The first-order valence-electron chi connectivity index (χ1n) is 6.04. The molecule has 0 radical (unpaired) electrons. The largest absolute Gasteiger partial charge is 0.271 e. The zero-order valence-electron chi connectivity index (χ0n) is 11.0. The van der Waals surface area contributed by atoms with E-state index >= 15 is 0 Å².